The molecular formula is C12H19N3O3S2. The van der Waals surface area contributed by atoms with Gasteiger partial charge in [0.15, 0.2) is 0 Å². The highest BCUT2D eigenvalue weighted by Gasteiger charge is 2.21. The van der Waals surface area contributed by atoms with Crippen molar-refractivity contribution in [2.45, 2.75) is 32.4 Å². The van der Waals surface area contributed by atoms with E-state index in [1.54, 1.807) is 11.8 Å². The Morgan fingerprint density at radius 2 is 2.20 bits per heavy atom. The molecule has 0 saturated heterocycles. The molecule has 3 N–H and O–H groups in total. The summed E-state index contributed by atoms with van der Waals surface area (Å²) in [5, 5.41) is 16.9. The first-order valence-corrected chi connectivity index (χ1v) is 8.42. The molecule has 6 nitrogen and oxygen atoms in total. The number of carbonyl (C=O) groups excluding carboxylic acids is 1. The van der Waals surface area contributed by atoms with E-state index >= 15 is 0 Å². The Morgan fingerprint density at radius 1 is 1.50 bits per heavy atom. The number of hydrogen-bond donors (Lipinski definition) is 3. The maximum atomic E-state index is 11.8. The van der Waals surface area contributed by atoms with Gasteiger partial charge in [0.2, 0.25) is 0 Å². The molecule has 0 aliphatic heterocycles. The zero-order valence-corrected chi connectivity index (χ0v) is 13.3. The molecule has 0 spiro atoms. The van der Waals surface area contributed by atoms with Crippen molar-refractivity contribution in [1.29, 1.82) is 0 Å². The van der Waals surface area contributed by atoms with Gasteiger partial charge in [0, 0.05) is 11.1 Å². The second-order valence-corrected chi connectivity index (χ2v) is 6.21. The van der Waals surface area contributed by atoms with Gasteiger partial charge in [-0.2, -0.15) is 11.8 Å². The Hall–Kier alpha value is -1.28. The van der Waals surface area contributed by atoms with E-state index in [1.165, 1.54) is 11.3 Å². The van der Waals surface area contributed by atoms with Gasteiger partial charge < -0.3 is 15.7 Å². The van der Waals surface area contributed by atoms with Crippen molar-refractivity contribution in [3.8, 4) is 0 Å². The first kappa shape index (κ1) is 16.8. The van der Waals surface area contributed by atoms with Crippen molar-refractivity contribution in [2.24, 2.45) is 0 Å². The molecule has 1 aromatic heterocycles. The number of nitrogens with one attached hydrogen (secondary N) is 2. The number of aliphatic carboxylic acids is 1. The second kappa shape index (κ2) is 8.11. The number of thioether (sulfide) groups is 1. The van der Waals surface area contributed by atoms with E-state index in [-0.39, 0.29) is 6.04 Å². The van der Waals surface area contributed by atoms with Crippen LogP contribution in [0.1, 0.15) is 30.1 Å². The van der Waals surface area contributed by atoms with E-state index in [1.807, 2.05) is 25.5 Å². The summed E-state index contributed by atoms with van der Waals surface area (Å²) in [7, 11) is 0. The maximum Gasteiger partial charge on any atom is 0.326 e. The van der Waals surface area contributed by atoms with Gasteiger partial charge >= 0.3 is 12.0 Å². The zero-order chi connectivity index (χ0) is 15.1. The van der Waals surface area contributed by atoms with E-state index in [2.05, 4.69) is 15.6 Å². The number of hydrogen-bond acceptors (Lipinski definition) is 5. The lowest BCUT2D eigenvalue weighted by molar-refractivity contribution is -0.139. The molecule has 1 aromatic rings. The number of nitrogens with zero attached hydrogens (tertiary/aromatic N) is 1. The lowest BCUT2D eigenvalue weighted by Gasteiger charge is -2.17. The average molecular weight is 317 g/mol. The van der Waals surface area contributed by atoms with Crippen LogP contribution < -0.4 is 10.6 Å². The van der Waals surface area contributed by atoms with E-state index in [9.17, 15) is 9.59 Å². The third-order valence-corrected chi connectivity index (χ3v) is 4.36. The standard InChI is InChI=1S/C12H19N3O3S2/c1-7-6-20-10(13-7)8(2)14-12(18)15-9(11(16)17)4-5-19-3/h6,8-9H,4-5H2,1-3H3,(H,16,17)(H2,14,15,18)/t8?,9-/m1/s1. The van der Waals surface area contributed by atoms with Crippen molar-refractivity contribution in [2.75, 3.05) is 12.0 Å². The Bertz CT molecular complexity index is 465. The van der Waals surface area contributed by atoms with Gasteiger partial charge in [-0.05, 0) is 32.3 Å². The van der Waals surface area contributed by atoms with Gasteiger partial charge in [0.25, 0.3) is 0 Å². The Balaban J connectivity index is 2.50. The van der Waals surface area contributed by atoms with Gasteiger partial charge in [-0.25, -0.2) is 14.6 Å². The molecule has 0 aliphatic rings. The molecule has 112 valence electrons. The summed E-state index contributed by atoms with van der Waals surface area (Å²) in [5.41, 5.74) is 0.905. The third-order valence-electron chi connectivity index (χ3n) is 2.57. The first-order chi connectivity index (χ1) is 9.43. The molecule has 2 atom stereocenters. The van der Waals surface area contributed by atoms with Gasteiger partial charge in [0.05, 0.1) is 6.04 Å². The van der Waals surface area contributed by atoms with Gasteiger partial charge in [-0.15, -0.1) is 11.3 Å². The quantitative estimate of drug-likeness (QED) is 0.715. The number of thiazole rings is 1. The number of rotatable bonds is 7. The van der Waals surface area contributed by atoms with Crippen LogP contribution >= 0.6 is 23.1 Å². The number of carbonyl (C=O) groups is 2. The smallest absolute Gasteiger partial charge is 0.326 e. The molecule has 2 amide bonds. The van der Waals surface area contributed by atoms with Crippen LogP contribution in [0.2, 0.25) is 0 Å². The minimum absolute atomic E-state index is 0.247. The van der Waals surface area contributed by atoms with Crippen molar-refractivity contribution in [3.05, 3.63) is 16.1 Å². The number of aryl methyl sites for hydroxylation is 1. The molecular weight excluding hydrogens is 298 g/mol. The molecule has 0 bridgehead atoms. The van der Waals surface area contributed by atoms with Crippen molar-refractivity contribution >= 4 is 35.1 Å². The van der Waals surface area contributed by atoms with Crippen molar-refractivity contribution in [1.82, 2.24) is 15.6 Å². The zero-order valence-electron chi connectivity index (χ0n) is 11.7. The van der Waals surface area contributed by atoms with Crippen molar-refractivity contribution in [3.63, 3.8) is 0 Å². The van der Waals surface area contributed by atoms with E-state index < -0.39 is 18.0 Å². The average Bonchev–Trinajstić information content (AvgIpc) is 2.80. The lowest BCUT2D eigenvalue weighted by atomic mass is 10.2. The summed E-state index contributed by atoms with van der Waals surface area (Å²) in [6.45, 7) is 3.70. The van der Waals surface area contributed by atoms with Crippen molar-refractivity contribution < 1.29 is 14.7 Å². The Labute approximate surface area is 126 Å². The third kappa shape index (κ3) is 5.38. The fraction of sp³-hybridized carbons (Fsp3) is 0.583. The summed E-state index contributed by atoms with van der Waals surface area (Å²) in [4.78, 5) is 27.1. The van der Waals surface area contributed by atoms with Crippen LogP contribution in [0, 0.1) is 6.92 Å². The van der Waals surface area contributed by atoms with Crippen LogP contribution in [0.15, 0.2) is 5.38 Å². The highest BCUT2D eigenvalue weighted by Crippen LogP contribution is 2.17. The summed E-state index contributed by atoms with van der Waals surface area (Å²) in [5.74, 6) is -0.342. The number of carboxylic acid groups (broad SMARTS) is 1. The van der Waals surface area contributed by atoms with Gasteiger partial charge in [-0.1, -0.05) is 0 Å². The predicted molar refractivity (Wildman–Crippen MR) is 81.4 cm³/mol. The van der Waals surface area contributed by atoms with E-state index in [0.29, 0.717) is 12.2 Å². The van der Waals surface area contributed by atoms with E-state index in [0.717, 1.165) is 10.7 Å². The molecule has 8 heteroatoms. The normalized spacial score (nSPS) is 13.6. The number of carboxylic acids is 1. The highest BCUT2D eigenvalue weighted by molar-refractivity contribution is 7.98. The van der Waals surface area contributed by atoms with Gasteiger partial charge in [-0.3, -0.25) is 0 Å². The fourth-order valence-electron chi connectivity index (χ4n) is 1.52. The predicted octanol–water partition coefficient (Wildman–Crippen LogP) is 2.02. The molecule has 0 radical (unpaired) electrons. The molecule has 0 fully saturated rings. The topological polar surface area (TPSA) is 91.3 Å². The molecule has 1 heterocycles. The largest absolute Gasteiger partial charge is 0.480 e. The van der Waals surface area contributed by atoms with Crippen LogP contribution in [-0.4, -0.2) is 40.1 Å². The van der Waals surface area contributed by atoms with Crippen LogP contribution in [0.3, 0.4) is 0 Å². The SMILES string of the molecule is CSCC[C@@H](NC(=O)NC(C)c1nc(C)cs1)C(=O)O. The minimum atomic E-state index is -1.02. The minimum Gasteiger partial charge on any atom is -0.480 e. The number of urea groups is 1. The highest BCUT2D eigenvalue weighted by atomic mass is 32.2. The van der Waals surface area contributed by atoms with E-state index in [4.69, 9.17) is 5.11 Å². The van der Waals surface area contributed by atoms with Gasteiger partial charge in [0.1, 0.15) is 11.0 Å². The summed E-state index contributed by atoms with van der Waals surface area (Å²) in [6.07, 6.45) is 2.29. The second-order valence-electron chi connectivity index (χ2n) is 4.34. The summed E-state index contributed by atoms with van der Waals surface area (Å²) in [6, 6.07) is -1.60. The van der Waals surface area contributed by atoms with Crippen LogP contribution in [-0.2, 0) is 4.79 Å². The molecule has 1 rings (SSSR count). The number of aromatic nitrogens is 1. The Morgan fingerprint density at radius 3 is 2.70 bits per heavy atom. The molecule has 0 saturated carbocycles. The molecule has 0 aliphatic carbocycles. The van der Waals surface area contributed by atoms with Crippen LogP contribution in [0.25, 0.3) is 0 Å². The molecule has 0 aromatic carbocycles. The Kier molecular flexibility index (Phi) is 6.80. The van der Waals surface area contributed by atoms with Crippen LogP contribution in [0.4, 0.5) is 4.79 Å². The summed E-state index contributed by atoms with van der Waals surface area (Å²) < 4.78 is 0. The fourth-order valence-corrected chi connectivity index (χ4v) is 2.80. The summed E-state index contributed by atoms with van der Waals surface area (Å²) >= 11 is 3.01. The maximum absolute atomic E-state index is 11.8. The monoisotopic (exact) mass is 317 g/mol. The number of amides is 2. The lowest BCUT2D eigenvalue weighted by Crippen LogP contribution is -2.46. The molecule has 20 heavy (non-hydrogen) atoms. The first-order valence-electron chi connectivity index (χ1n) is 6.14. The van der Waals surface area contributed by atoms with Crippen LogP contribution in [0.5, 0.6) is 0 Å². The molecule has 1 unspecified atom stereocenters.